The molecule has 1 rings (SSSR count). The second-order valence-corrected chi connectivity index (χ2v) is 4.61. The van der Waals surface area contributed by atoms with E-state index in [1.165, 1.54) is 19.3 Å². The van der Waals surface area contributed by atoms with Crippen LogP contribution in [0.1, 0.15) is 45.1 Å². The molecule has 1 unspecified atom stereocenters. The first-order valence-electron chi connectivity index (χ1n) is 6.88. The van der Waals surface area contributed by atoms with Gasteiger partial charge in [0.2, 0.25) is 5.88 Å². The third kappa shape index (κ3) is 5.00. The first-order chi connectivity index (χ1) is 8.81. The van der Waals surface area contributed by atoms with Gasteiger partial charge in [-0.1, -0.05) is 33.1 Å². The Morgan fingerprint density at radius 1 is 1.39 bits per heavy atom. The van der Waals surface area contributed by atoms with E-state index in [4.69, 9.17) is 4.74 Å². The van der Waals surface area contributed by atoms with Crippen molar-refractivity contribution in [3.63, 3.8) is 0 Å². The predicted molar refractivity (Wildman–Crippen MR) is 73.6 cm³/mol. The van der Waals surface area contributed by atoms with E-state index in [2.05, 4.69) is 29.1 Å². The number of nitrogens with zero attached hydrogens (tertiary/aromatic N) is 2. The lowest BCUT2D eigenvalue weighted by Crippen LogP contribution is -2.14. The van der Waals surface area contributed by atoms with Crippen molar-refractivity contribution in [3.05, 3.63) is 18.1 Å². The van der Waals surface area contributed by atoms with Gasteiger partial charge in [0.15, 0.2) is 0 Å². The molecule has 18 heavy (non-hydrogen) atoms. The molecule has 4 nitrogen and oxygen atoms in total. The predicted octanol–water partition coefficient (Wildman–Crippen LogP) is 2.79. The number of aromatic nitrogens is 2. The molecular formula is C14H25N3O. The first kappa shape index (κ1) is 14.9. The maximum atomic E-state index is 5.85. The van der Waals surface area contributed by atoms with E-state index < -0.39 is 0 Å². The Bertz CT molecular complexity index is 331. The summed E-state index contributed by atoms with van der Waals surface area (Å²) in [4.78, 5) is 8.24. The Balaban J connectivity index is 2.50. The van der Waals surface area contributed by atoms with Crippen molar-refractivity contribution < 1.29 is 4.74 Å². The highest BCUT2D eigenvalue weighted by Gasteiger charge is 2.10. The van der Waals surface area contributed by atoms with E-state index in [0.717, 1.165) is 25.1 Å². The molecule has 0 fully saturated rings. The summed E-state index contributed by atoms with van der Waals surface area (Å²) in [5.41, 5.74) is 1.02. The second-order valence-electron chi connectivity index (χ2n) is 4.61. The van der Waals surface area contributed by atoms with E-state index in [1.807, 2.05) is 13.2 Å². The highest BCUT2D eigenvalue weighted by molar-refractivity contribution is 5.21. The fourth-order valence-electron chi connectivity index (χ4n) is 1.88. The van der Waals surface area contributed by atoms with E-state index in [1.54, 1.807) is 6.33 Å². The average Bonchev–Trinajstić information content (AvgIpc) is 2.41. The van der Waals surface area contributed by atoms with Gasteiger partial charge in [0.1, 0.15) is 6.33 Å². The molecule has 1 N–H and O–H groups in total. The molecule has 1 aromatic heterocycles. The Kier molecular flexibility index (Phi) is 7.34. The molecule has 4 heteroatoms. The van der Waals surface area contributed by atoms with Crippen LogP contribution in [-0.4, -0.2) is 23.6 Å². The first-order valence-corrected chi connectivity index (χ1v) is 6.88. The molecule has 102 valence electrons. The van der Waals surface area contributed by atoms with E-state index in [0.29, 0.717) is 11.8 Å². The SMILES string of the molecule is CCCCC(CC)COc1ncncc1CNC. The normalized spacial score (nSPS) is 12.4. The highest BCUT2D eigenvalue weighted by atomic mass is 16.5. The quantitative estimate of drug-likeness (QED) is 0.733. The van der Waals surface area contributed by atoms with Crippen molar-refractivity contribution in [2.75, 3.05) is 13.7 Å². The largest absolute Gasteiger partial charge is 0.477 e. The number of hydrogen-bond acceptors (Lipinski definition) is 4. The number of ether oxygens (including phenoxy) is 1. The summed E-state index contributed by atoms with van der Waals surface area (Å²) in [6.45, 7) is 5.94. The molecule has 1 aromatic rings. The van der Waals surface area contributed by atoms with Gasteiger partial charge < -0.3 is 10.1 Å². The molecule has 0 saturated heterocycles. The Hall–Kier alpha value is -1.16. The lowest BCUT2D eigenvalue weighted by molar-refractivity contribution is 0.223. The minimum absolute atomic E-state index is 0.627. The number of hydrogen-bond donors (Lipinski definition) is 1. The van der Waals surface area contributed by atoms with Gasteiger partial charge in [0.25, 0.3) is 0 Å². The van der Waals surface area contributed by atoms with Crippen LogP contribution in [0, 0.1) is 5.92 Å². The molecule has 0 amide bonds. The number of rotatable bonds is 9. The maximum Gasteiger partial charge on any atom is 0.220 e. The molecule has 0 saturated carbocycles. The fourth-order valence-corrected chi connectivity index (χ4v) is 1.88. The fraction of sp³-hybridized carbons (Fsp3) is 0.714. The van der Waals surface area contributed by atoms with Crippen LogP contribution in [0.4, 0.5) is 0 Å². The summed E-state index contributed by atoms with van der Waals surface area (Å²) in [6.07, 6.45) is 8.27. The molecule has 1 atom stereocenters. The lowest BCUT2D eigenvalue weighted by atomic mass is 10.0. The Morgan fingerprint density at radius 2 is 2.22 bits per heavy atom. The molecule has 0 bridgehead atoms. The van der Waals surface area contributed by atoms with Crippen molar-refractivity contribution in [1.82, 2.24) is 15.3 Å². The van der Waals surface area contributed by atoms with Crippen LogP contribution in [-0.2, 0) is 6.54 Å². The second kappa shape index (κ2) is 8.86. The van der Waals surface area contributed by atoms with Crippen molar-refractivity contribution in [2.45, 2.75) is 46.1 Å². The van der Waals surface area contributed by atoms with Crippen molar-refractivity contribution in [1.29, 1.82) is 0 Å². The zero-order valence-corrected chi connectivity index (χ0v) is 11.8. The van der Waals surface area contributed by atoms with Gasteiger partial charge in [-0.15, -0.1) is 0 Å². The van der Waals surface area contributed by atoms with Crippen LogP contribution in [0.25, 0.3) is 0 Å². The summed E-state index contributed by atoms with van der Waals surface area (Å²) >= 11 is 0. The number of unbranched alkanes of at least 4 members (excludes halogenated alkanes) is 1. The molecular weight excluding hydrogens is 226 g/mol. The summed E-state index contributed by atoms with van der Waals surface area (Å²) in [7, 11) is 1.91. The summed E-state index contributed by atoms with van der Waals surface area (Å²) in [6, 6.07) is 0. The summed E-state index contributed by atoms with van der Waals surface area (Å²) in [5, 5.41) is 3.10. The van der Waals surface area contributed by atoms with Crippen LogP contribution < -0.4 is 10.1 Å². The van der Waals surface area contributed by atoms with Gasteiger partial charge in [-0.25, -0.2) is 9.97 Å². The smallest absolute Gasteiger partial charge is 0.220 e. The zero-order valence-electron chi connectivity index (χ0n) is 11.8. The standard InChI is InChI=1S/C14H25N3O/c1-4-6-7-12(5-2)10-18-14-13(8-15-3)9-16-11-17-14/h9,11-12,15H,4-8,10H2,1-3H3. The van der Waals surface area contributed by atoms with Gasteiger partial charge in [0, 0.05) is 18.3 Å². The minimum Gasteiger partial charge on any atom is -0.477 e. The number of nitrogens with one attached hydrogen (secondary N) is 1. The highest BCUT2D eigenvalue weighted by Crippen LogP contribution is 2.17. The minimum atomic E-state index is 0.627. The van der Waals surface area contributed by atoms with Crippen molar-refractivity contribution in [2.24, 2.45) is 5.92 Å². The van der Waals surface area contributed by atoms with Gasteiger partial charge >= 0.3 is 0 Å². The molecule has 0 aliphatic carbocycles. The third-order valence-corrected chi connectivity index (χ3v) is 3.11. The van der Waals surface area contributed by atoms with E-state index >= 15 is 0 Å². The molecule has 0 aliphatic heterocycles. The average molecular weight is 251 g/mol. The Labute approximate surface area is 110 Å². The Morgan fingerprint density at radius 3 is 2.89 bits per heavy atom. The lowest BCUT2D eigenvalue weighted by Gasteiger charge is -2.16. The van der Waals surface area contributed by atoms with Crippen LogP contribution >= 0.6 is 0 Å². The molecule has 0 spiro atoms. The van der Waals surface area contributed by atoms with Crippen LogP contribution in [0.15, 0.2) is 12.5 Å². The summed E-state index contributed by atoms with van der Waals surface area (Å²) in [5.74, 6) is 1.34. The monoisotopic (exact) mass is 251 g/mol. The zero-order chi connectivity index (χ0) is 13.2. The van der Waals surface area contributed by atoms with Crippen LogP contribution in [0.5, 0.6) is 5.88 Å². The van der Waals surface area contributed by atoms with E-state index in [-0.39, 0.29) is 0 Å². The van der Waals surface area contributed by atoms with Gasteiger partial charge in [-0.2, -0.15) is 0 Å². The van der Waals surface area contributed by atoms with Gasteiger partial charge in [0.05, 0.1) is 6.61 Å². The molecule has 0 aliphatic rings. The van der Waals surface area contributed by atoms with Gasteiger partial charge in [-0.3, -0.25) is 0 Å². The topological polar surface area (TPSA) is 47.0 Å². The van der Waals surface area contributed by atoms with Crippen molar-refractivity contribution in [3.8, 4) is 5.88 Å². The molecule has 0 aromatic carbocycles. The third-order valence-electron chi connectivity index (χ3n) is 3.11. The van der Waals surface area contributed by atoms with E-state index in [9.17, 15) is 0 Å². The van der Waals surface area contributed by atoms with Gasteiger partial charge in [-0.05, 0) is 19.4 Å². The van der Waals surface area contributed by atoms with Crippen LogP contribution in [0.2, 0.25) is 0 Å². The molecule has 0 radical (unpaired) electrons. The van der Waals surface area contributed by atoms with Crippen LogP contribution in [0.3, 0.4) is 0 Å². The van der Waals surface area contributed by atoms with Crippen molar-refractivity contribution >= 4 is 0 Å². The maximum absolute atomic E-state index is 5.85. The summed E-state index contributed by atoms with van der Waals surface area (Å²) < 4.78 is 5.85. The molecule has 1 heterocycles.